The molecule has 0 aliphatic carbocycles. The molecule has 0 aliphatic heterocycles. The van der Waals surface area contributed by atoms with Crippen LogP contribution in [0.2, 0.25) is 0 Å². The van der Waals surface area contributed by atoms with Crippen LogP contribution < -0.4 is 10.1 Å². The summed E-state index contributed by atoms with van der Waals surface area (Å²) in [5, 5.41) is 2.91. The molecule has 0 unspecified atom stereocenters. The Balaban J connectivity index is 1.58. The van der Waals surface area contributed by atoms with Crippen LogP contribution in [0.4, 0.5) is 4.39 Å². The molecule has 0 aliphatic rings. The van der Waals surface area contributed by atoms with Gasteiger partial charge in [0.1, 0.15) is 35.2 Å². The molecule has 1 N–H and O–H groups in total. The summed E-state index contributed by atoms with van der Waals surface area (Å²) in [4.78, 5) is 19.3. The van der Waals surface area contributed by atoms with Crippen molar-refractivity contribution in [3.63, 3.8) is 0 Å². The fraction of sp³-hybridized carbons (Fsp3) is 0.185. The third-order valence-electron chi connectivity index (χ3n) is 5.11. The van der Waals surface area contributed by atoms with Crippen LogP contribution >= 0.6 is 0 Å². The largest absolute Gasteiger partial charge is 0.486 e. The van der Waals surface area contributed by atoms with Gasteiger partial charge in [0, 0.05) is 24.8 Å². The van der Waals surface area contributed by atoms with Gasteiger partial charge in [0.05, 0.1) is 5.56 Å². The Morgan fingerprint density at radius 1 is 1.06 bits per heavy atom. The Bertz CT molecular complexity index is 1350. The summed E-state index contributed by atoms with van der Waals surface area (Å²) in [6, 6.07) is 18.8. The fourth-order valence-electron chi connectivity index (χ4n) is 3.36. The van der Waals surface area contributed by atoms with Crippen molar-refractivity contribution in [1.29, 1.82) is 0 Å². The van der Waals surface area contributed by atoms with Crippen molar-refractivity contribution in [1.82, 2.24) is 19.6 Å². The van der Waals surface area contributed by atoms with Gasteiger partial charge in [-0.15, -0.1) is 0 Å². The Labute approximate surface area is 198 Å². The summed E-state index contributed by atoms with van der Waals surface area (Å²) in [7, 11) is 3.91. The minimum Gasteiger partial charge on any atom is -0.486 e. The maximum atomic E-state index is 13.2. The van der Waals surface area contributed by atoms with E-state index in [1.807, 2.05) is 53.9 Å². The predicted molar refractivity (Wildman–Crippen MR) is 129 cm³/mol. The Morgan fingerprint density at radius 3 is 2.62 bits per heavy atom. The lowest BCUT2D eigenvalue weighted by Gasteiger charge is -2.13. The normalized spacial score (nSPS) is 10.7. The zero-order valence-corrected chi connectivity index (χ0v) is 19.1. The molecule has 2 aromatic heterocycles. The van der Waals surface area contributed by atoms with E-state index in [1.165, 1.54) is 12.1 Å². The van der Waals surface area contributed by atoms with Crippen molar-refractivity contribution < 1.29 is 13.9 Å². The van der Waals surface area contributed by atoms with Crippen molar-refractivity contribution >= 4 is 11.6 Å². The van der Waals surface area contributed by atoms with Crippen LogP contribution in [0, 0.1) is 17.7 Å². The lowest BCUT2D eigenvalue weighted by molar-refractivity contribution is 0.0946. The first kappa shape index (κ1) is 23.0. The number of benzene rings is 2. The number of hydrogen-bond acceptors (Lipinski definition) is 4. The number of para-hydroxylation sites is 1. The van der Waals surface area contributed by atoms with E-state index in [2.05, 4.69) is 22.1 Å². The molecular weight excluding hydrogens is 431 g/mol. The van der Waals surface area contributed by atoms with E-state index in [1.54, 1.807) is 30.3 Å². The molecule has 0 fully saturated rings. The molecule has 2 aromatic carbocycles. The maximum absolute atomic E-state index is 13.2. The maximum Gasteiger partial charge on any atom is 0.255 e. The monoisotopic (exact) mass is 456 g/mol. The van der Waals surface area contributed by atoms with Crippen molar-refractivity contribution in [3.8, 4) is 17.6 Å². The molecule has 4 aromatic rings. The average Bonchev–Trinajstić information content (AvgIpc) is 3.19. The molecule has 7 heteroatoms. The molecule has 6 nitrogen and oxygen atoms in total. The molecule has 0 bridgehead atoms. The number of carbonyl (C=O) groups excluding carboxylic acids is 1. The van der Waals surface area contributed by atoms with E-state index >= 15 is 0 Å². The number of fused-ring (bicyclic) bond motifs is 1. The minimum absolute atomic E-state index is 0.136. The molecule has 2 heterocycles. The van der Waals surface area contributed by atoms with Gasteiger partial charge in [-0.05, 0) is 68.5 Å². The summed E-state index contributed by atoms with van der Waals surface area (Å²) in [6.07, 6.45) is 1.88. The lowest BCUT2D eigenvalue weighted by atomic mass is 10.2. The summed E-state index contributed by atoms with van der Waals surface area (Å²) < 4.78 is 21.1. The van der Waals surface area contributed by atoms with Crippen molar-refractivity contribution in [2.75, 3.05) is 27.2 Å². The highest BCUT2D eigenvalue weighted by atomic mass is 19.1. The molecule has 1 amide bonds. The molecule has 172 valence electrons. The van der Waals surface area contributed by atoms with Crippen LogP contribution in [0.3, 0.4) is 0 Å². The molecule has 0 spiro atoms. The molecule has 0 radical (unpaired) electrons. The van der Waals surface area contributed by atoms with E-state index in [-0.39, 0.29) is 18.3 Å². The summed E-state index contributed by atoms with van der Waals surface area (Å²) in [5.74, 6) is 6.19. The Hall–Kier alpha value is -4.15. The van der Waals surface area contributed by atoms with E-state index in [0.717, 1.165) is 12.2 Å². The first-order valence-corrected chi connectivity index (χ1v) is 10.9. The van der Waals surface area contributed by atoms with Gasteiger partial charge in [-0.25, -0.2) is 9.37 Å². The number of nitrogens with one attached hydrogen (secondary N) is 1. The second kappa shape index (κ2) is 10.6. The first-order valence-electron chi connectivity index (χ1n) is 10.9. The Kier molecular flexibility index (Phi) is 7.21. The summed E-state index contributed by atoms with van der Waals surface area (Å²) in [6.45, 7) is 1.42. The lowest BCUT2D eigenvalue weighted by Crippen LogP contribution is -2.31. The third-order valence-corrected chi connectivity index (χ3v) is 5.11. The first-order chi connectivity index (χ1) is 16.5. The number of nitrogens with zero attached hydrogens (tertiary/aromatic N) is 3. The number of carbonyl (C=O) groups is 1. The van der Waals surface area contributed by atoms with Crippen molar-refractivity contribution in [2.45, 2.75) is 6.61 Å². The van der Waals surface area contributed by atoms with Gasteiger partial charge in [-0.2, -0.15) is 0 Å². The van der Waals surface area contributed by atoms with Crippen LogP contribution in [0.1, 0.15) is 27.3 Å². The number of rotatable bonds is 7. The zero-order chi connectivity index (χ0) is 23.9. The van der Waals surface area contributed by atoms with Gasteiger partial charge in [0.25, 0.3) is 5.91 Å². The van der Waals surface area contributed by atoms with Gasteiger partial charge in [-0.1, -0.05) is 24.1 Å². The minimum atomic E-state index is -0.307. The van der Waals surface area contributed by atoms with Crippen LogP contribution in [-0.2, 0) is 6.61 Å². The third kappa shape index (κ3) is 5.61. The molecule has 4 rings (SSSR count). The van der Waals surface area contributed by atoms with Gasteiger partial charge in [0.2, 0.25) is 0 Å². The van der Waals surface area contributed by atoms with Crippen LogP contribution in [0.15, 0.2) is 72.9 Å². The SMILES string of the molecule is CN(C)CCNC(=O)c1ccccc1OCc1nc2ccccn2c1C#Cc1ccc(F)cc1. The highest BCUT2D eigenvalue weighted by Crippen LogP contribution is 2.21. The Morgan fingerprint density at radius 2 is 1.82 bits per heavy atom. The molecule has 0 atom stereocenters. The number of hydrogen-bond donors (Lipinski definition) is 1. The predicted octanol–water partition coefficient (Wildman–Crippen LogP) is 3.74. The quantitative estimate of drug-likeness (QED) is 0.431. The fourth-order valence-corrected chi connectivity index (χ4v) is 3.36. The zero-order valence-electron chi connectivity index (χ0n) is 19.1. The number of imidazole rings is 1. The van der Waals surface area contributed by atoms with Gasteiger partial charge in [0.15, 0.2) is 0 Å². The summed E-state index contributed by atoms with van der Waals surface area (Å²) in [5.41, 5.74) is 3.21. The standard InChI is InChI=1S/C27H25FN4O2/c1-31(2)18-16-29-27(33)22-7-3-4-8-25(22)34-19-23-24(32-17-6-5-9-26(32)30-23)15-12-20-10-13-21(28)14-11-20/h3-11,13-14,17H,16,18-19H2,1-2H3,(H,29,33). The molecule has 0 saturated carbocycles. The number of pyridine rings is 1. The smallest absolute Gasteiger partial charge is 0.255 e. The van der Waals surface area contributed by atoms with Crippen LogP contribution in [-0.4, -0.2) is 47.4 Å². The van der Waals surface area contributed by atoms with Crippen molar-refractivity contribution in [3.05, 3.63) is 101 Å². The van der Waals surface area contributed by atoms with E-state index in [0.29, 0.717) is 34.8 Å². The van der Waals surface area contributed by atoms with Crippen LogP contribution in [0.5, 0.6) is 5.75 Å². The number of aromatic nitrogens is 2. The number of ether oxygens (including phenoxy) is 1. The number of halogens is 1. The summed E-state index contributed by atoms with van der Waals surface area (Å²) >= 11 is 0. The van der Waals surface area contributed by atoms with E-state index < -0.39 is 0 Å². The van der Waals surface area contributed by atoms with Gasteiger partial charge >= 0.3 is 0 Å². The van der Waals surface area contributed by atoms with Gasteiger partial charge < -0.3 is 15.0 Å². The topological polar surface area (TPSA) is 58.9 Å². The van der Waals surface area contributed by atoms with Gasteiger partial charge in [-0.3, -0.25) is 9.20 Å². The van der Waals surface area contributed by atoms with Crippen LogP contribution in [0.25, 0.3) is 5.65 Å². The molecular formula is C27H25FN4O2. The molecule has 34 heavy (non-hydrogen) atoms. The number of likely N-dealkylation sites (N-methyl/N-ethyl adjacent to an activating group) is 1. The number of amides is 1. The van der Waals surface area contributed by atoms with E-state index in [9.17, 15) is 9.18 Å². The second-order valence-corrected chi connectivity index (χ2v) is 7.94. The second-order valence-electron chi connectivity index (χ2n) is 7.94. The highest BCUT2D eigenvalue weighted by molar-refractivity contribution is 5.96. The average molecular weight is 457 g/mol. The van der Waals surface area contributed by atoms with E-state index in [4.69, 9.17) is 4.74 Å². The highest BCUT2D eigenvalue weighted by Gasteiger charge is 2.15. The molecule has 0 saturated heterocycles. The van der Waals surface area contributed by atoms with Crippen molar-refractivity contribution in [2.24, 2.45) is 0 Å².